The van der Waals surface area contributed by atoms with Crippen molar-refractivity contribution in [3.8, 4) is 0 Å². The van der Waals surface area contributed by atoms with Crippen LogP contribution in [0.2, 0.25) is 0 Å². The van der Waals surface area contributed by atoms with Gasteiger partial charge >= 0.3 is 0 Å². The van der Waals surface area contributed by atoms with Gasteiger partial charge in [0, 0.05) is 0 Å². The number of hydrogen-bond donors (Lipinski definition) is 2. The van der Waals surface area contributed by atoms with Crippen LogP contribution < -0.4 is 5.73 Å². The zero-order chi connectivity index (χ0) is 7.98. The molecule has 0 saturated carbocycles. The summed E-state index contributed by atoms with van der Waals surface area (Å²) < 4.78 is 4.77. The minimum absolute atomic E-state index is 0.0185. The standard InChI is InChI=1S/C6H11NO3/c1-2-10-5(3-4-8)6(7)9/h3,8H,2,4H2,1H3,(H2,7,9)/b5-3-. The van der Waals surface area contributed by atoms with Crippen molar-refractivity contribution in [2.24, 2.45) is 5.73 Å². The highest BCUT2D eigenvalue weighted by atomic mass is 16.5. The molecule has 0 aromatic rings. The fourth-order valence-corrected chi connectivity index (χ4v) is 0.469. The maximum atomic E-state index is 10.4. The maximum Gasteiger partial charge on any atom is 0.283 e. The number of hydrogen-bond acceptors (Lipinski definition) is 3. The Kier molecular flexibility index (Phi) is 4.32. The second kappa shape index (κ2) is 4.81. The van der Waals surface area contributed by atoms with Crippen LogP contribution in [-0.4, -0.2) is 24.2 Å². The van der Waals surface area contributed by atoms with Gasteiger partial charge in [0.2, 0.25) is 0 Å². The lowest BCUT2D eigenvalue weighted by atomic mass is 10.4. The van der Waals surface area contributed by atoms with Gasteiger partial charge in [-0.25, -0.2) is 0 Å². The summed E-state index contributed by atoms with van der Waals surface area (Å²) in [4.78, 5) is 10.4. The maximum absolute atomic E-state index is 10.4. The predicted molar refractivity (Wildman–Crippen MR) is 36.0 cm³/mol. The largest absolute Gasteiger partial charge is 0.488 e. The molecule has 0 heterocycles. The summed E-state index contributed by atoms with van der Waals surface area (Å²) in [6.07, 6.45) is 1.23. The normalized spacial score (nSPS) is 11.2. The van der Waals surface area contributed by atoms with Crippen LogP contribution in [0.3, 0.4) is 0 Å². The van der Waals surface area contributed by atoms with E-state index in [4.69, 9.17) is 15.6 Å². The number of primary amides is 1. The summed E-state index contributed by atoms with van der Waals surface area (Å²) in [5, 5.41) is 8.35. The smallest absolute Gasteiger partial charge is 0.283 e. The van der Waals surface area contributed by atoms with E-state index < -0.39 is 5.91 Å². The second-order valence-electron chi connectivity index (χ2n) is 1.55. The minimum atomic E-state index is -0.657. The first-order chi connectivity index (χ1) is 4.72. The van der Waals surface area contributed by atoms with Crippen molar-refractivity contribution in [3.05, 3.63) is 11.8 Å². The molecule has 0 rings (SSSR count). The Balaban J connectivity index is 3.98. The van der Waals surface area contributed by atoms with Crippen LogP contribution in [0.1, 0.15) is 6.92 Å². The first-order valence-electron chi connectivity index (χ1n) is 2.96. The molecule has 0 bridgehead atoms. The molecule has 0 saturated heterocycles. The quantitative estimate of drug-likeness (QED) is 0.409. The third-order valence-corrected chi connectivity index (χ3v) is 0.819. The van der Waals surface area contributed by atoms with Gasteiger partial charge in [-0.05, 0) is 13.0 Å². The summed E-state index contributed by atoms with van der Waals surface area (Å²) >= 11 is 0. The molecule has 0 aliphatic heterocycles. The van der Waals surface area contributed by atoms with Crippen molar-refractivity contribution in [2.45, 2.75) is 6.92 Å². The van der Waals surface area contributed by atoms with Crippen LogP contribution in [0.15, 0.2) is 11.8 Å². The molecule has 4 nitrogen and oxygen atoms in total. The lowest BCUT2D eigenvalue weighted by Gasteiger charge is -2.01. The zero-order valence-electron chi connectivity index (χ0n) is 5.83. The van der Waals surface area contributed by atoms with Crippen molar-refractivity contribution < 1.29 is 14.6 Å². The highest BCUT2D eigenvalue weighted by Crippen LogP contribution is 1.93. The highest BCUT2D eigenvalue weighted by molar-refractivity contribution is 5.89. The van der Waals surface area contributed by atoms with E-state index >= 15 is 0 Å². The molecule has 0 spiro atoms. The van der Waals surface area contributed by atoms with Crippen molar-refractivity contribution in [1.82, 2.24) is 0 Å². The van der Waals surface area contributed by atoms with E-state index in [1.807, 2.05) is 0 Å². The van der Waals surface area contributed by atoms with Gasteiger partial charge in [-0.15, -0.1) is 0 Å². The highest BCUT2D eigenvalue weighted by Gasteiger charge is 2.02. The predicted octanol–water partition coefficient (Wildman–Crippen LogP) is -0.616. The van der Waals surface area contributed by atoms with E-state index in [1.54, 1.807) is 6.92 Å². The summed E-state index contributed by atoms with van der Waals surface area (Å²) in [6, 6.07) is 0. The Morgan fingerprint density at radius 2 is 2.40 bits per heavy atom. The van der Waals surface area contributed by atoms with Crippen molar-refractivity contribution in [1.29, 1.82) is 0 Å². The number of rotatable bonds is 4. The van der Waals surface area contributed by atoms with Gasteiger partial charge in [0.05, 0.1) is 13.2 Å². The SMILES string of the molecule is CCO/C(=C\CO)C(N)=O. The molecule has 1 amide bonds. The van der Waals surface area contributed by atoms with Crippen LogP contribution in [0, 0.1) is 0 Å². The Morgan fingerprint density at radius 1 is 1.80 bits per heavy atom. The van der Waals surface area contributed by atoms with Crippen LogP contribution in [-0.2, 0) is 9.53 Å². The first-order valence-corrected chi connectivity index (χ1v) is 2.96. The van der Waals surface area contributed by atoms with Crippen molar-refractivity contribution in [2.75, 3.05) is 13.2 Å². The van der Waals surface area contributed by atoms with Crippen molar-refractivity contribution in [3.63, 3.8) is 0 Å². The van der Waals surface area contributed by atoms with Gasteiger partial charge in [0.15, 0.2) is 5.76 Å². The third-order valence-electron chi connectivity index (χ3n) is 0.819. The van der Waals surface area contributed by atoms with Gasteiger partial charge in [0.25, 0.3) is 5.91 Å². The van der Waals surface area contributed by atoms with Crippen LogP contribution in [0.5, 0.6) is 0 Å². The average molecular weight is 145 g/mol. The molecule has 3 N–H and O–H groups in total. The second-order valence-corrected chi connectivity index (χ2v) is 1.55. The molecule has 0 fully saturated rings. The number of ether oxygens (including phenoxy) is 1. The lowest BCUT2D eigenvalue weighted by molar-refractivity contribution is -0.117. The van der Waals surface area contributed by atoms with Crippen LogP contribution in [0.4, 0.5) is 0 Å². The number of aliphatic hydroxyl groups is 1. The Morgan fingerprint density at radius 3 is 2.70 bits per heavy atom. The molecule has 0 aromatic carbocycles. The number of aliphatic hydroxyl groups excluding tert-OH is 1. The van der Waals surface area contributed by atoms with Gasteiger partial charge in [-0.1, -0.05) is 0 Å². The van der Waals surface area contributed by atoms with E-state index in [1.165, 1.54) is 6.08 Å². The molecule has 0 aliphatic rings. The molecule has 0 unspecified atom stereocenters. The van der Waals surface area contributed by atoms with Crippen LogP contribution >= 0.6 is 0 Å². The Hall–Kier alpha value is -1.03. The molecule has 0 atom stereocenters. The molecule has 0 radical (unpaired) electrons. The number of carbonyl (C=O) groups excluding carboxylic acids is 1. The van der Waals surface area contributed by atoms with E-state index in [0.29, 0.717) is 6.61 Å². The number of carbonyl (C=O) groups is 1. The fraction of sp³-hybridized carbons (Fsp3) is 0.500. The first kappa shape index (κ1) is 8.97. The zero-order valence-corrected chi connectivity index (χ0v) is 5.83. The number of nitrogens with two attached hydrogens (primary N) is 1. The van der Waals surface area contributed by atoms with Gasteiger partial charge < -0.3 is 15.6 Å². The van der Waals surface area contributed by atoms with Gasteiger partial charge in [-0.2, -0.15) is 0 Å². The van der Waals surface area contributed by atoms with Crippen molar-refractivity contribution >= 4 is 5.91 Å². The molecule has 4 heteroatoms. The molecule has 0 aliphatic carbocycles. The lowest BCUT2D eigenvalue weighted by Crippen LogP contribution is -2.16. The molecule has 58 valence electrons. The molecule has 0 aromatic heterocycles. The third kappa shape index (κ3) is 3.09. The van der Waals surface area contributed by atoms with E-state index in [0.717, 1.165) is 0 Å². The van der Waals surface area contributed by atoms with E-state index in [9.17, 15) is 4.79 Å². The minimum Gasteiger partial charge on any atom is -0.488 e. The summed E-state index contributed by atoms with van der Waals surface area (Å²) in [5.74, 6) is -0.638. The summed E-state index contributed by atoms with van der Waals surface area (Å²) in [5.41, 5.74) is 4.87. The summed E-state index contributed by atoms with van der Waals surface area (Å²) in [6.45, 7) is 1.86. The Bertz CT molecular complexity index is 142. The Labute approximate surface area is 59.3 Å². The molecule has 10 heavy (non-hydrogen) atoms. The molecular formula is C6H11NO3. The van der Waals surface area contributed by atoms with Gasteiger partial charge in [-0.3, -0.25) is 4.79 Å². The fourth-order valence-electron chi connectivity index (χ4n) is 0.469. The van der Waals surface area contributed by atoms with Gasteiger partial charge in [0.1, 0.15) is 0 Å². The molecular weight excluding hydrogens is 134 g/mol. The topological polar surface area (TPSA) is 72.6 Å². The van der Waals surface area contributed by atoms with Crippen LogP contribution in [0.25, 0.3) is 0 Å². The monoisotopic (exact) mass is 145 g/mol. The average Bonchev–Trinajstić information content (AvgIpc) is 1.87. The van der Waals surface area contributed by atoms with E-state index in [-0.39, 0.29) is 12.4 Å². The summed E-state index contributed by atoms with van der Waals surface area (Å²) in [7, 11) is 0. The number of amides is 1. The van der Waals surface area contributed by atoms with E-state index in [2.05, 4.69) is 0 Å².